The van der Waals surface area contributed by atoms with E-state index in [2.05, 4.69) is 0 Å². The van der Waals surface area contributed by atoms with Gasteiger partial charge in [-0.15, -0.1) is 0 Å². The Hall–Kier alpha value is -1.71. The largest absolute Gasteiger partial charge is 0.486 e. The molecule has 1 aromatic rings. The molecular weight excluding hydrogens is 230 g/mol. The second-order valence-corrected chi connectivity index (χ2v) is 4.52. The van der Waals surface area contributed by atoms with Crippen molar-refractivity contribution in [3.05, 3.63) is 24.3 Å². The fourth-order valence-electron chi connectivity index (χ4n) is 1.97. The summed E-state index contributed by atoms with van der Waals surface area (Å²) in [5, 5.41) is 0. The first-order valence-electron chi connectivity index (χ1n) is 6.33. The molecule has 0 spiro atoms. The summed E-state index contributed by atoms with van der Waals surface area (Å²) >= 11 is 0. The Kier molecular flexibility index (Phi) is 4.07. The van der Waals surface area contributed by atoms with Gasteiger partial charge in [-0.25, -0.2) is 0 Å². The summed E-state index contributed by atoms with van der Waals surface area (Å²) < 4.78 is 11.4. The van der Waals surface area contributed by atoms with E-state index in [0.717, 1.165) is 17.9 Å². The van der Waals surface area contributed by atoms with Crippen LogP contribution < -0.4 is 9.47 Å². The standard InChI is InChI=1S/C14H19NO3/c1-3-6-14(16)15(2)9-11-10-17-12-7-4-5-8-13(12)18-11/h4-5,7-8,11H,3,6,9-10H2,1-2H3. The average molecular weight is 249 g/mol. The number of amides is 1. The molecule has 4 nitrogen and oxygen atoms in total. The third-order valence-corrected chi connectivity index (χ3v) is 2.93. The number of nitrogens with zero attached hydrogens (tertiary/aromatic N) is 1. The molecule has 1 amide bonds. The number of hydrogen-bond donors (Lipinski definition) is 0. The van der Waals surface area contributed by atoms with Crippen LogP contribution >= 0.6 is 0 Å². The summed E-state index contributed by atoms with van der Waals surface area (Å²) in [5.74, 6) is 1.68. The zero-order valence-corrected chi connectivity index (χ0v) is 10.9. The molecule has 4 heteroatoms. The molecule has 1 aliphatic rings. The van der Waals surface area contributed by atoms with E-state index in [4.69, 9.17) is 9.47 Å². The van der Waals surface area contributed by atoms with Gasteiger partial charge in [-0.1, -0.05) is 19.1 Å². The zero-order chi connectivity index (χ0) is 13.0. The number of benzene rings is 1. The van der Waals surface area contributed by atoms with Crippen molar-refractivity contribution in [2.75, 3.05) is 20.2 Å². The van der Waals surface area contributed by atoms with Crippen molar-refractivity contribution in [2.45, 2.75) is 25.9 Å². The van der Waals surface area contributed by atoms with E-state index in [0.29, 0.717) is 19.6 Å². The van der Waals surface area contributed by atoms with Crippen LogP contribution in [0, 0.1) is 0 Å². The Bertz CT molecular complexity index is 419. The van der Waals surface area contributed by atoms with Crippen LogP contribution in [0.4, 0.5) is 0 Å². The minimum atomic E-state index is -0.0919. The highest BCUT2D eigenvalue weighted by atomic mass is 16.6. The quantitative estimate of drug-likeness (QED) is 0.820. The van der Waals surface area contributed by atoms with Gasteiger partial charge in [0.1, 0.15) is 6.61 Å². The number of carbonyl (C=O) groups is 1. The van der Waals surface area contributed by atoms with Gasteiger partial charge in [-0.05, 0) is 18.6 Å². The predicted molar refractivity (Wildman–Crippen MR) is 68.9 cm³/mol. The van der Waals surface area contributed by atoms with Crippen molar-refractivity contribution in [1.82, 2.24) is 4.90 Å². The first kappa shape index (κ1) is 12.7. The van der Waals surface area contributed by atoms with Crippen molar-refractivity contribution in [2.24, 2.45) is 0 Å². The van der Waals surface area contributed by atoms with Crippen LogP contribution in [0.2, 0.25) is 0 Å². The highest BCUT2D eigenvalue weighted by Crippen LogP contribution is 2.30. The van der Waals surface area contributed by atoms with Gasteiger partial charge in [-0.3, -0.25) is 4.79 Å². The van der Waals surface area contributed by atoms with E-state index in [1.165, 1.54) is 0 Å². The van der Waals surface area contributed by atoms with Gasteiger partial charge in [0.2, 0.25) is 5.91 Å². The van der Waals surface area contributed by atoms with E-state index >= 15 is 0 Å². The minimum Gasteiger partial charge on any atom is -0.486 e. The van der Waals surface area contributed by atoms with E-state index in [-0.39, 0.29) is 12.0 Å². The Morgan fingerprint density at radius 2 is 2.11 bits per heavy atom. The molecule has 0 saturated carbocycles. The van der Waals surface area contributed by atoms with Crippen molar-refractivity contribution in [1.29, 1.82) is 0 Å². The Morgan fingerprint density at radius 3 is 2.83 bits per heavy atom. The zero-order valence-electron chi connectivity index (χ0n) is 10.9. The molecule has 1 atom stereocenters. The maximum atomic E-state index is 11.7. The Morgan fingerprint density at radius 1 is 1.39 bits per heavy atom. The van der Waals surface area contributed by atoms with Gasteiger partial charge < -0.3 is 14.4 Å². The molecular formula is C14H19NO3. The maximum Gasteiger partial charge on any atom is 0.222 e. The summed E-state index contributed by atoms with van der Waals surface area (Å²) in [6.07, 6.45) is 1.36. The molecule has 0 fully saturated rings. The molecule has 0 N–H and O–H groups in total. The first-order valence-corrected chi connectivity index (χ1v) is 6.33. The third kappa shape index (κ3) is 2.94. The van der Waals surface area contributed by atoms with E-state index < -0.39 is 0 Å². The molecule has 1 heterocycles. The van der Waals surface area contributed by atoms with Crippen LogP contribution in [0.5, 0.6) is 11.5 Å². The summed E-state index contributed by atoms with van der Waals surface area (Å²) in [4.78, 5) is 13.4. The number of fused-ring (bicyclic) bond motifs is 1. The van der Waals surface area contributed by atoms with Gasteiger partial charge in [-0.2, -0.15) is 0 Å². The van der Waals surface area contributed by atoms with Crippen LogP contribution in [0.1, 0.15) is 19.8 Å². The number of para-hydroxylation sites is 2. The van der Waals surface area contributed by atoms with Crippen LogP contribution in [0.3, 0.4) is 0 Å². The van der Waals surface area contributed by atoms with Gasteiger partial charge >= 0.3 is 0 Å². The molecule has 1 aliphatic heterocycles. The highest BCUT2D eigenvalue weighted by Gasteiger charge is 2.23. The van der Waals surface area contributed by atoms with Crippen molar-refractivity contribution >= 4 is 5.91 Å². The number of hydrogen-bond acceptors (Lipinski definition) is 3. The summed E-state index contributed by atoms with van der Waals surface area (Å²) in [7, 11) is 1.81. The van der Waals surface area contributed by atoms with Crippen LogP contribution in [0.25, 0.3) is 0 Å². The molecule has 0 aromatic heterocycles. The second kappa shape index (κ2) is 5.76. The fraction of sp³-hybridized carbons (Fsp3) is 0.500. The van der Waals surface area contributed by atoms with Crippen LogP contribution in [0.15, 0.2) is 24.3 Å². The molecule has 0 aliphatic carbocycles. The smallest absolute Gasteiger partial charge is 0.222 e. The average Bonchev–Trinajstić information content (AvgIpc) is 2.39. The lowest BCUT2D eigenvalue weighted by atomic mass is 10.2. The lowest BCUT2D eigenvalue weighted by Gasteiger charge is -2.29. The predicted octanol–water partition coefficient (Wildman–Crippen LogP) is 2.08. The van der Waals surface area contributed by atoms with Gasteiger partial charge in [0.15, 0.2) is 17.6 Å². The molecule has 2 rings (SSSR count). The lowest BCUT2D eigenvalue weighted by Crippen LogP contribution is -2.41. The Balaban J connectivity index is 1.91. The van der Waals surface area contributed by atoms with Gasteiger partial charge in [0, 0.05) is 13.5 Å². The fourth-order valence-corrected chi connectivity index (χ4v) is 1.97. The summed E-state index contributed by atoms with van der Waals surface area (Å²) in [6, 6.07) is 7.60. The van der Waals surface area contributed by atoms with E-state index in [9.17, 15) is 4.79 Å². The van der Waals surface area contributed by atoms with Crippen molar-refractivity contribution in [3.8, 4) is 11.5 Å². The molecule has 1 unspecified atom stereocenters. The van der Waals surface area contributed by atoms with Crippen LogP contribution in [-0.4, -0.2) is 37.1 Å². The number of likely N-dealkylation sites (N-methyl/N-ethyl adjacent to an activating group) is 1. The maximum absolute atomic E-state index is 11.7. The molecule has 0 bridgehead atoms. The SMILES string of the molecule is CCCC(=O)N(C)CC1COc2ccccc2O1. The highest BCUT2D eigenvalue weighted by molar-refractivity contribution is 5.75. The minimum absolute atomic E-state index is 0.0919. The molecule has 0 saturated heterocycles. The Labute approximate surface area is 107 Å². The van der Waals surface area contributed by atoms with E-state index in [1.54, 1.807) is 4.90 Å². The van der Waals surface area contributed by atoms with Gasteiger partial charge in [0.25, 0.3) is 0 Å². The molecule has 0 radical (unpaired) electrons. The van der Waals surface area contributed by atoms with Crippen molar-refractivity contribution in [3.63, 3.8) is 0 Å². The summed E-state index contributed by atoms with van der Waals surface area (Å²) in [6.45, 7) is 3.05. The number of rotatable bonds is 4. The topological polar surface area (TPSA) is 38.8 Å². The third-order valence-electron chi connectivity index (χ3n) is 2.93. The second-order valence-electron chi connectivity index (χ2n) is 4.52. The number of carbonyl (C=O) groups excluding carboxylic acids is 1. The molecule has 18 heavy (non-hydrogen) atoms. The molecule has 98 valence electrons. The first-order chi connectivity index (χ1) is 8.70. The normalized spacial score (nSPS) is 17.3. The molecule has 1 aromatic carbocycles. The van der Waals surface area contributed by atoms with Crippen LogP contribution in [-0.2, 0) is 4.79 Å². The van der Waals surface area contributed by atoms with E-state index in [1.807, 2.05) is 38.2 Å². The van der Waals surface area contributed by atoms with Gasteiger partial charge in [0.05, 0.1) is 6.54 Å². The summed E-state index contributed by atoms with van der Waals surface area (Å²) in [5.41, 5.74) is 0. The monoisotopic (exact) mass is 249 g/mol. The number of ether oxygens (including phenoxy) is 2. The van der Waals surface area contributed by atoms with Crippen molar-refractivity contribution < 1.29 is 14.3 Å². The lowest BCUT2D eigenvalue weighted by molar-refractivity contribution is -0.131.